The van der Waals surface area contributed by atoms with Crippen molar-refractivity contribution in [2.45, 2.75) is 45.4 Å². The molecule has 0 unspecified atom stereocenters. The van der Waals surface area contributed by atoms with E-state index < -0.39 is 10.0 Å². The van der Waals surface area contributed by atoms with Crippen LogP contribution in [0.3, 0.4) is 0 Å². The van der Waals surface area contributed by atoms with Crippen molar-refractivity contribution >= 4 is 15.8 Å². The average Bonchev–Trinajstić information content (AvgIpc) is 3.08. The lowest BCUT2D eigenvalue weighted by Crippen LogP contribution is -2.36. The second-order valence-corrected chi connectivity index (χ2v) is 11.6. The number of anilines is 1. The van der Waals surface area contributed by atoms with Gasteiger partial charge in [0.05, 0.1) is 10.6 Å². The van der Waals surface area contributed by atoms with Crippen LogP contribution in [-0.2, 0) is 16.4 Å². The van der Waals surface area contributed by atoms with Crippen LogP contribution in [0.5, 0.6) is 0 Å². The molecule has 186 valence electrons. The molecule has 0 aliphatic carbocycles. The van der Waals surface area contributed by atoms with Crippen molar-refractivity contribution in [1.29, 1.82) is 0 Å². The number of benzene rings is 2. The molecule has 35 heavy (non-hydrogen) atoms. The summed E-state index contributed by atoms with van der Waals surface area (Å²) in [6.45, 7) is 10.3. The molecule has 2 aromatic carbocycles. The first-order valence-electron chi connectivity index (χ1n) is 12.2. The molecule has 7 nitrogen and oxygen atoms in total. The molecule has 8 heteroatoms. The van der Waals surface area contributed by atoms with E-state index in [1.807, 2.05) is 44.2 Å². The third kappa shape index (κ3) is 5.65. The van der Waals surface area contributed by atoms with E-state index in [0.717, 1.165) is 28.8 Å². The highest BCUT2D eigenvalue weighted by Gasteiger charge is 2.27. The molecule has 0 N–H and O–H groups in total. The fourth-order valence-electron chi connectivity index (χ4n) is 4.39. The zero-order valence-electron chi connectivity index (χ0n) is 20.9. The minimum atomic E-state index is -3.57. The summed E-state index contributed by atoms with van der Waals surface area (Å²) in [6, 6.07) is 16.3. The first-order chi connectivity index (χ1) is 16.6. The Morgan fingerprint density at radius 3 is 2.31 bits per heavy atom. The van der Waals surface area contributed by atoms with Crippen molar-refractivity contribution in [1.82, 2.24) is 14.1 Å². The molecule has 0 radical (unpaired) electrons. The predicted molar refractivity (Wildman–Crippen MR) is 140 cm³/mol. The predicted octanol–water partition coefficient (Wildman–Crippen LogP) is 3.95. The van der Waals surface area contributed by atoms with Crippen LogP contribution in [0, 0.1) is 19.8 Å². The van der Waals surface area contributed by atoms with E-state index in [1.54, 1.807) is 22.5 Å². The normalized spacial score (nSPS) is 15.4. The highest BCUT2D eigenvalue weighted by molar-refractivity contribution is 7.89. The maximum atomic E-state index is 13.3. The molecule has 1 saturated heterocycles. The lowest BCUT2D eigenvalue weighted by atomic mass is 10.0. The van der Waals surface area contributed by atoms with Gasteiger partial charge in [0, 0.05) is 32.2 Å². The summed E-state index contributed by atoms with van der Waals surface area (Å²) in [5.41, 5.74) is 3.92. The smallest absolute Gasteiger partial charge is 0.271 e. The Balaban J connectivity index is 1.52. The molecule has 3 aromatic rings. The summed E-state index contributed by atoms with van der Waals surface area (Å²) in [4.78, 5) is 14.9. The molecule has 0 saturated carbocycles. The molecule has 1 aromatic heterocycles. The van der Waals surface area contributed by atoms with Crippen LogP contribution in [0.4, 0.5) is 5.82 Å². The molecular weight excluding hydrogens is 460 g/mol. The largest absolute Gasteiger partial charge is 0.354 e. The number of aromatic nitrogens is 2. The first-order valence-corrected chi connectivity index (χ1v) is 13.6. The number of hydrogen-bond donors (Lipinski definition) is 0. The van der Waals surface area contributed by atoms with Crippen molar-refractivity contribution in [2.75, 3.05) is 31.1 Å². The number of nitrogens with zero attached hydrogens (tertiary/aromatic N) is 4. The van der Waals surface area contributed by atoms with E-state index in [1.165, 1.54) is 10.7 Å². The lowest BCUT2D eigenvalue weighted by Gasteiger charge is -2.23. The third-order valence-electron chi connectivity index (χ3n) is 6.51. The SMILES string of the molecule is Cc1ccc(-n2nc(N3CCCN(S(=O)(=O)c4ccc(CC(C)C)cc4)CC3)ccc2=O)cc1C. The van der Waals surface area contributed by atoms with Gasteiger partial charge in [0.1, 0.15) is 5.82 Å². The van der Waals surface area contributed by atoms with E-state index in [0.29, 0.717) is 49.2 Å². The second kappa shape index (κ2) is 10.3. The molecule has 4 rings (SSSR count). The molecule has 0 atom stereocenters. The van der Waals surface area contributed by atoms with Gasteiger partial charge in [-0.05, 0) is 79.6 Å². The first kappa shape index (κ1) is 25.1. The van der Waals surface area contributed by atoms with Crippen LogP contribution in [0.2, 0.25) is 0 Å². The molecule has 1 fully saturated rings. The molecule has 0 spiro atoms. The Labute approximate surface area is 208 Å². The van der Waals surface area contributed by atoms with E-state index in [4.69, 9.17) is 0 Å². The summed E-state index contributed by atoms with van der Waals surface area (Å²) >= 11 is 0. The van der Waals surface area contributed by atoms with Gasteiger partial charge in [-0.2, -0.15) is 8.99 Å². The maximum absolute atomic E-state index is 13.3. The van der Waals surface area contributed by atoms with Crippen LogP contribution in [0.1, 0.15) is 37.0 Å². The average molecular weight is 495 g/mol. The van der Waals surface area contributed by atoms with Gasteiger partial charge in [0.25, 0.3) is 5.56 Å². The minimum absolute atomic E-state index is 0.197. The van der Waals surface area contributed by atoms with Crippen molar-refractivity contribution in [3.05, 3.63) is 81.6 Å². The van der Waals surface area contributed by atoms with Crippen LogP contribution in [0.15, 0.2) is 64.3 Å². The molecule has 2 heterocycles. The molecule has 0 amide bonds. The molecular formula is C27H34N4O3S. The van der Waals surface area contributed by atoms with E-state index in [9.17, 15) is 13.2 Å². The summed E-state index contributed by atoms with van der Waals surface area (Å²) in [5, 5.41) is 4.62. The number of aryl methyl sites for hydroxylation is 2. The fraction of sp³-hybridized carbons (Fsp3) is 0.407. The van der Waals surface area contributed by atoms with Crippen molar-refractivity contribution in [2.24, 2.45) is 5.92 Å². The van der Waals surface area contributed by atoms with Gasteiger partial charge in [-0.3, -0.25) is 4.79 Å². The summed E-state index contributed by atoms with van der Waals surface area (Å²) in [6.07, 6.45) is 1.60. The van der Waals surface area contributed by atoms with Gasteiger partial charge in [-0.25, -0.2) is 8.42 Å². The molecule has 1 aliphatic rings. The van der Waals surface area contributed by atoms with Gasteiger partial charge >= 0.3 is 0 Å². The summed E-state index contributed by atoms with van der Waals surface area (Å²) in [5.74, 6) is 1.19. The number of sulfonamides is 1. The Morgan fingerprint density at radius 1 is 0.886 bits per heavy atom. The minimum Gasteiger partial charge on any atom is -0.354 e. The van der Waals surface area contributed by atoms with E-state index >= 15 is 0 Å². The highest BCUT2D eigenvalue weighted by Crippen LogP contribution is 2.21. The number of rotatable bonds is 6. The highest BCUT2D eigenvalue weighted by atomic mass is 32.2. The third-order valence-corrected chi connectivity index (χ3v) is 8.42. The Hall–Kier alpha value is -2.97. The van der Waals surface area contributed by atoms with Crippen LogP contribution < -0.4 is 10.5 Å². The van der Waals surface area contributed by atoms with Gasteiger partial charge < -0.3 is 4.90 Å². The van der Waals surface area contributed by atoms with Crippen LogP contribution in [-0.4, -0.2) is 48.7 Å². The van der Waals surface area contributed by atoms with Gasteiger partial charge in [-0.1, -0.05) is 32.0 Å². The Morgan fingerprint density at radius 2 is 1.63 bits per heavy atom. The summed E-state index contributed by atoms with van der Waals surface area (Å²) in [7, 11) is -3.57. The van der Waals surface area contributed by atoms with Crippen molar-refractivity contribution < 1.29 is 8.42 Å². The van der Waals surface area contributed by atoms with Crippen molar-refractivity contribution in [3.63, 3.8) is 0 Å². The monoisotopic (exact) mass is 494 g/mol. The lowest BCUT2D eigenvalue weighted by molar-refractivity contribution is 0.433. The maximum Gasteiger partial charge on any atom is 0.271 e. The number of hydrogen-bond acceptors (Lipinski definition) is 5. The van der Waals surface area contributed by atoms with Gasteiger partial charge in [-0.15, -0.1) is 5.10 Å². The van der Waals surface area contributed by atoms with Crippen LogP contribution in [0.25, 0.3) is 5.69 Å². The van der Waals surface area contributed by atoms with Gasteiger partial charge in [0.15, 0.2) is 0 Å². The zero-order chi connectivity index (χ0) is 25.2. The fourth-order valence-corrected chi connectivity index (χ4v) is 5.86. The van der Waals surface area contributed by atoms with Gasteiger partial charge in [0.2, 0.25) is 10.0 Å². The standard InChI is InChI=1S/C27H34N4O3S/c1-20(2)18-23-7-10-25(11-8-23)35(33,34)30-15-5-14-29(16-17-30)26-12-13-27(32)31(28-26)24-9-6-21(3)22(4)19-24/h6-13,19-20H,5,14-18H2,1-4H3. The molecule has 0 bridgehead atoms. The van der Waals surface area contributed by atoms with E-state index in [-0.39, 0.29) is 5.56 Å². The summed E-state index contributed by atoms with van der Waals surface area (Å²) < 4.78 is 29.6. The Kier molecular flexibility index (Phi) is 7.42. The Bertz CT molecular complexity index is 1350. The van der Waals surface area contributed by atoms with Crippen molar-refractivity contribution in [3.8, 4) is 5.69 Å². The molecule has 1 aliphatic heterocycles. The van der Waals surface area contributed by atoms with Crippen LogP contribution >= 0.6 is 0 Å². The quantitative estimate of drug-likeness (QED) is 0.519. The second-order valence-electron chi connectivity index (χ2n) is 9.70. The van der Waals surface area contributed by atoms with E-state index in [2.05, 4.69) is 23.8 Å². The topological polar surface area (TPSA) is 75.5 Å². The zero-order valence-corrected chi connectivity index (χ0v) is 21.8.